The Balaban J connectivity index is 1.82. The first kappa shape index (κ1) is 19.1. The number of anilines is 1. The van der Waals surface area contributed by atoms with Crippen LogP contribution in [0.5, 0.6) is 0 Å². The Labute approximate surface area is 162 Å². The van der Waals surface area contributed by atoms with E-state index in [1.54, 1.807) is 0 Å². The van der Waals surface area contributed by atoms with Gasteiger partial charge in [0.25, 0.3) is 0 Å². The van der Waals surface area contributed by atoms with E-state index in [0.717, 1.165) is 5.56 Å². The first-order valence-electron chi connectivity index (χ1n) is 8.05. The van der Waals surface area contributed by atoms with Crippen LogP contribution in [0.2, 0.25) is 5.02 Å². The van der Waals surface area contributed by atoms with E-state index in [9.17, 15) is 13.2 Å². The van der Waals surface area contributed by atoms with Crippen LogP contribution in [0.3, 0.4) is 0 Å². The Morgan fingerprint density at radius 3 is 2.33 bits per heavy atom. The van der Waals surface area contributed by atoms with E-state index in [1.807, 2.05) is 30.3 Å². The summed E-state index contributed by atoms with van der Waals surface area (Å²) in [5.41, 5.74) is 1.35. The molecule has 0 atom stereocenters. The van der Waals surface area contributed by atoms with Gasteiger partial charge < -0.3 is 4.52 Å². The van der Waals surface area contributed by atoms with Crippen LogP contribution in [0, 0.1) is 0 Å². The summed E-state index contributed by atoms with van der Waals surface area (Å²) in [4.78, 5) is 12.7. The molecule has 27 heavy (non-hydrogen) atoms. The Kier molecular flexibility index (Phi) is 5.08. The van der Waals surface area contributed by atoms with Crippen LogP contribution < -0.4 is 5.32 Å². The summed E-state index contributed by atoms with van der Waals surface area (Å²) in [6.45, 7) is 2.67. The zero-order chi connectivity index (χ0) is 19.7. The molecule has 0 aliphatic heterocycles. The smallest absolute Gasteiger partial charge is 0.248 e. The molecular formula is C19H17ClN2O4S. The fourth-order valence-corrected chi connectivity index (χ4v) is 3.88. The van der Waals surface area contributed by atoms with Gasteiger partial charge in [0.2, 0.25) is 11.8 Å². The maximum atomic E-state index is 12.9. The SMILES string of the molecule is CC(C)(C(=O)Nc1cc(-c2ccccc2)no1)S(=O)(=O)c1ccc(Cl)cc1. The number of halogens is 1. The predicted octanol–water partition coefficient (Wildman–Crippen LogP) is 4.19. The van der Waals surface area contributed by atoms with Crippen molar-refractivity contribution in [2.45, 2.75) is 23.5 Å². The largest absolute Gasteiger partial charge is 0.338 e. The van der Waals surface area contributed by atoms with Gasteiger partial charge in [-0.25, -0.2) is 8.42 Å². The van der Waals surface area contributed by atoms with Crippen LogP contribution in [0.1, 0.15) is 13.8 Å². The van der Waals surface area contributed by atoms with Crippen LogP contribution in [-0.2, 0) is 14.6 Å². The molecule has 0 radical (unpaired) electrons. The number of hydrogen-bond acceptors (Lipinski definition) is 5. The van der Waals surface area contributed by atoms with Gasteiger partial charge in [0.05, 0.1) is 4.90 Å². The third-order valence-corrected chi connectivity index (χ3v) is 6.83. The van der Waals surface area contributed by atoms with Crippen LogP contribution in [0.15, 0.2) is 70.1 Å². The van der Waals surface area contributed by atoms with Gasteiger partial charge in [-0.2, -0.15) is 0 Å². The number of hydrogen-bond donors (Lipinski definition) is 1. The normalized spacial score (nSPS) is 12.0. The number of amides is 1. The van der Waals surface area contributed by atoms with Crippen molar-refractivity contribution in [1.82, 2.24) is 5.16 Å². The van der Waals surface area contributed by atoms with Crippen molar-refractivity contribution in [3.05, 3.63) is 65.7 Å². The lowest BCUT2D eigenvalue weighted by Gasteiger charge is -2.23. The average Bonchev–Trinajstić information content (AvgIpc) is 3.11. The van der Waals surface area contributed by atoms with E-state index >= 15 is 0 Å². The van der Waals surface area contributed by atoms with Crippen molar-refractivity contribution in [2.24, 2.45) is 0 Å². The minimum Gasteiger partial charge on any atom is -0.338 e. The van der Waals surface area contributed by atoms with Gasteiger partial charge in [-0.3, -0.25) is 10.1 Å². The quantitative estimate of drug-likeness (QED) is 0.688. The van der Waals surface area contributed by atoms with E-state index in [1.165, 1.54) is 44.2 Å². The molecule has 140 valence electrons. The monoisotopic (exact) mass is 404 g/mol. The van der Waals surface area contributed by atoms with Gasteiger partial charge in [-0.15, -0.1) is 0 Å². The molecule has 2 aromatic carbocycles. The van der Waals surface area contributed by atoms with Crippen LogP contribution in [-0.4, -0.2) is 24.2 Å². The Hall–Kier alpha value is -2.64. The highest BCUT2D eigenvalue weighted by Crippen LogP contribution is 2.29. The fourth-order valence-electron chi connectivity index (χ4n) is 2.37. The number of carbonyl (C=O) groups excluding carboxylic acids is 1. The van der Waals surface area contributed by atoms with Crippen molar-refractivity contribution >= 4 is 33.2 Å². The molecule has 3 aromatic rings. The third kappa shape index (κ3) is 3.74. The first-order chi connectivity index (χ1) is 12.7. The standard InChI is InChI=1S/C19H17ClN2O4S/c1-19(2,27(24,25)15-10-8-14(20)9-11-15)18(23)21-17-12-16(22-26-17)13-6-4-3-5-7-13/h3-12H,1-2H3,(H,21,23). The molecule has 0 aliphatic carbocycles. The van der Waals surface area contributed by atoms with Gasteiger partial charge in [-0.1, -0.05) is 47.1 Å². The molecule has 0 spiro atoms. The number of benzene rings is 2. The summed E-state index contributed by atoms with van der Waals surface area (Å²) < 4.78 is 29.1. The first-order valence-corrected chi connectivity index (χ1v) is 9.92. The van der Waals surface area contributed by atoms with E-state index in [0.29, 0.717) is 10.7 Å². The Morgan fingerprint density at radius 1 is 1.07 bits per heavy atom. The lowest BCUT2D eigenvalue weighted by atomic mass is 10.1. The second kappa shape index (κ2) is 7.17. The average molecular weight is 405 g/mol. The van der Waals surface area contributed by atoms with E-state index in [4.69, 9.17) is 16.1 Å². The van der Waals surface area contributed by atoms with Gasteiger partial charge in [0.1, 0.15) is 10.4 Å². The van der Waals surface area contributed by atoms with Crippen molar-refractivity contribution in [2.75, 3.05) is 5.32 Å². The molecule has 0 aliphatic rings. The molecule has 0 saturated heterocycles. The van der Waals surface area contributed by atoms with E-state index in [-0.39, 0.29) is 10.8 Å². The van der Waals surface area contributed by atoms with Crippen molar-refractivity contribution in [3.8, 4) is 11.3 Å². The summed E-state index contributed by atoms with van der Waals surface area (Å²) in [6, 6.07) is 16.5. The van der Waals surface area contributed by atoms with Gasteiger partial charge in [0.15, 0.2) is 9.84 Å². The Morgan fingerprint density at radius 2 is 1.70 bits per heavy atom. The number of nitrogens with zero attached hydrogens (tertiary/aromatic N) is 1. The second-order valence-corrected chi connectivity index (χ2v) is 9.30. The predicted molar refractivity (Wildman–Crippen MR) is 103 cm³/mol. The highest BCUT2D eigenvalue weighted by molar-refractivity contribution is 7.93. The zero-order valence-electron chi connectivity index (χ0n) is 14.6. The molecule has 1 amide bonds. The van der Waals surface area contributed by atoms with Crippen LogP contribution >= 0.6 is 11.6 Å². The molecule has 8 heteroatoms. The van der Waals surface area contributed by atoms with Gasteiger partial charge in [-0.05, 0) is 38.1 Å². The lowest BCUT2D eigenvalue weighted by molar-refractivity contribution is -0.118. The molecular weight excluding hydrogens is 388 g/mol. The Bertz CT molecular complexity index is 1060. The summed E-state index contributed by atoms with van der Waals surface area (Å²) in [5, 5.41) is 6.79. The van der Waals surface area contributed by atoms with Crippen LogP contribution in [0.4, 0.5) is 5.88 Å². The maximum Gasteiger partial charge on any atom is 0.248 e. The topological polar surface area (TPSA) is 89.3 Å². The van der Waals surface area contributed by atoms with E-state index < -0.39 is 20.5 Å². The molecule has 3 rings (SSSR count). The number of carbonyl (C=O) groups is 1. The fraction of sp³-hybridized carbons (Fsp3) is 0.158. The van der Waals surface area contributed by atoms with Crippen molar-refractivity contribution in [1.29, 1.82) is 0 Å². The summed E-state index contributed by atoms with van der Waals surface area (Å²) in [6.07, 6.45) is 0. The molecule has 1 heterocycles. The minimum atomic E-state index is -3.95. The summed E-state index contributed by atoms with van der Waals surface area (Å²) >= 11 is 5.81. The molecule has 1 N–H and O–H groups in total. The highest BCUT2D eigenvalue weighted by Gasteiger charge is 2.43. The highest BCUT2D eigenvalue weighted by atomic mass is 35.5. The van der Waals surface area contributed by atoms with Gasteiger partial charge in [0, 0.05) is 16.7 Å². The van der Waals surface area contributed by atoms with Crippen LogP contribution in [0.25, 0.3) is 11.3 Å². The third-order valence-electron chi connectivity index (χ3n) is 4.16. The number of nitrogens with one attached hydrogen (secondary N) is 1. The molecule has 6 nitrogen and oxygen atoms in total. The molecule has 1 aromatic heterocycles. The molecule has 0 saturated carbocycles. The van der Waals surface area contributed by atoms with Crippen molar-refractivity contribution in [3.63, 3.8) is 0 Å². The molecule has 0 unspecified atom stereocenters. The van der Waals surface area contributed by atoms with Gasteiger partial charge >= 0.3 is 0 Å². The summed E-state index contributed by atoms with van der Waals surface area (Å²) in [7, 11) is -3.95. The van der Waals surface area contributed by atoms with E-state index in [2.05, 4.69) is 10.5 Å². The van der Waals surface area contributed by atoms with Crippen molar-refractivity contribution < 1.29 is 17.7 Å². The zero-order valence-corrected chi connectivity index (χ0v) is 16.2. The number of rotatable bonds is 5. The lowest BCUT2D eigenvalue weighted by Crippen LogP contribution is -2.44. The maximum absolute atomic E-state index is 12.9. The minimum absolute atomic E-state index is 0.00888. The number of sulfone groups is 1. The summed E-state index contributed by atoms with van der Waals surface area (Å²) in [5.74, 6) is -0.661. The molecule has 0 bridgehead atoms. The second-order valence-electron chi connectivity index (χ2n) is 6.36. The molecule has 0 fully saturated rings. The number of aromatic nitrogens is 1.